The minimum Gasteiger partial charge on any atom is -0.357 e. The standard InChI is InChI=1S/C10H20N6/c1-4-6-12-10(11-5-2)13-7-9-14-8-15-16(9)3/h8H,4-7H2,1-3H3,(H2,11,12,13). The number of aliphatic imine (C=N–C) groups is 1. The maximum atomic E-state index is 4.43. The summed E-state index contributed by atoms with van der Waals surface area (Å²) in [6.07, 6.45) is 2.62. The van der Waals surface area contributed by atoms with Crippen LogP contribution in [0.25, 0.3) is 0 Å². The van der Waals surface area contributed by atoms with Gasteiger partial charge in [0.05, 0.1) is 0 Å². The highest BCUT2D eigenvalue weighted by Crippen LogP contribution is 1.93. The summed E-state index contributed by atoms with van der Waals surface area (Å²) in [5.41, 5.74) is 0. The van der Waals surface area contributed by atoms with Crippen LogP contribution in [-0.4, -0.2) is 33.8 Å². The number of aryl methyl sites for hydroxylation is 1. The molecule has 0 saturated carbocycles. The van der Waals surface area contributed by atoms with Crippen LogP contribution >= 0.6 is 0 Å². The van der Waals surface area contributed by atoms with Gasteiger partial charge in [0.2, 0.25) is 0 Å². The van der Waals surface area contributed by atoms with Crippen molar-refractivity contribution in [1.29, 1.82) is 0 Å². The molecule has 0 unspecified atom stereocenters. The number of nitrogens with one attached hydrogen (secondary N) is 2. The van der Waals surface area contributed by atoms with Gasteiger partial charge in [0.1, 0.15) is 18.7 Å². The Morgan fingerprint density at radius 2 is 2.25 bits per heavy atom. The van der Waals surface area contributed by atoms with E-state index in [9.17, 15) is 0 Å². The van der Waals surface area contributed by atoms with Crippen LogP contribution in [0.4, 0.5) is 0 Å². The SMILES string of the molecule is CCCNC(=NCc1ncnn1C)NCC. The van der Waals surface area contributed by atoms with Crippen molar-refractivity contribution in [2.24, 2.45) is 12.0 Å². The molecule has 0 saturated heterocycles. The topological polar surface area (TPSA) is 67.1 Å². The third-order valence-corrected chi connectivity index (χ3v) is 2.07. The quantitative estimate of drug-likeness (QED) is 0.557. The van der Waals surface area contributed by atoms with Crippen molar-refractivity contribution < 1.29 is 0 Å². The highest BCUT2D eigenvalue weighted by molar-refractivity contribution is 5.79. The lowest BCUT2D eigenvalue weighted by atomic mass is 10.5. The van der Waals surface area contributed by atoms with Gasteiger partial charge in [-0.3, -0.25) is 4.68 Å². The number of nitrogens with zero attached hydrogens (tertiary/aromatic N) is 4. The van der Waals surface area contributed by atoms with E-state index in [0.29, 0.717) is 6.54 Å². The molecule has 6 heteroatoms. The Kier molecular flexibility index (Phi) is 5.31. The molecular formula is C10H20N6. The molecular weight excluding hydrogens is 204 g/mol. The van der Waals surface area contributed by atoms with E-state index >= 15 is 0 Å². The number of rotatable bonds is 5. The zero-order chi connectivity index (χ0) is 11.8. The summed E-state index contributed by atoms with van der Waals surface area (Å²) in [6.45, 7) is 6.49. The van der Waals surface area contributed by atoms with Crippen LogP contribution in [0.1, 0.15) is 26.1 Å². The molecule has 0 atom stereocenters. The summed E-state index contributed by atoms with van der Waals surface area (Å²) in [5.74, 6) is 1.68. The molecule has 1 aromatic rings. The van der Waals surface area contributed by atoms with Gasteiger partial charge >= 0.3 is 0 Å². The van der Waals surface area contributed by atoms with Gasteiger partial charge in [-0.05, 0) is 13.3 Å². The first-order valence-corrected chi connectivity index (χ1v) is 5.63. The van der Waals surface area contributed by atoms with Crippen molar-refractivity contribution in [1.82, 2.24) is 25.4 Å². The van der Waals surface area contributed by atoms with Crippen LogP contribution in [0.3, 0.4) is 0 Å². The maximum absolute atomic E-state index is 4.43. The fourth-order valence-electron chi connectivity index (χ4n) is 1.20. The van der Waals surface area contributed by atoms with E-state index in [1.165, 1.54) is 6.33 Å². The van der Waals surface area contributed by atoms with E-state index in [2.05, 4.69) is 32.6 Å². The van der Waals surface area contributed by atoms with Crippen LogP contribution < -0.4 is 10.6 Å². The lowest BCUT2D eigenvalue weighted by molar-refractivity contribution is 0.696. The Balaban J connectivity index is 2.53. The predicted octanol–water partition coefficient (Wildman–Crippen LogP) is 0.280. The first kappa shape index (κ1) is 12.5. The molecule has 0 aromatic carbocycles. The first-order chi connectivity index (χ1) is 7.77. The highest BCUT2D eigenvalue weighted by Gasteiger charge is 2.00. The normalized spacial score (nSPS) is 11.6. The van der Waals surface area contributed by atoms with Gasteiger partial charge in [-0.2, -0.15) is 5.10 Å². The fourth-order valence-corrected chi connectivity index (χ4v) is 1.20. The molecule has 0 fully saturated rings. The predicted molar refractivity (Wildman–Crippen MR) is 64.1 cm³/mol. The number of hydrogen-bond acceptors (Lipinski definition) is 3. The Hall–Kier alpha value is -1.59. The lowest BCUT2D eigenvalue weighted by Gasteiger charge is -2.09. The molecule has 0 radical (unpaired) electrons. The highest BCUT2D eigenvalue weighted by atomic mass is 15.3. The second kappa shape index (κ2) is 6.81. The molecule has 0 bridgehead atoms. The van der Waals surface area contributed by atoms with Crippen molar-refractivity contribution in [2.45, 2.75) is 26.8 Å². The Bertz CT molecular complexity index is 330. The zero-order valence-electron chi connectivity index (χ0n) is 10.2. The van der Waals surface area contributed by atoms with Gasteiger partial charge in [-0.15, -0.1) is 0 Å². The van der Waals surface area contributed by atoms with Crippen LogP contribution in [0.15, 0.2) is 11.3 Å². The largest absolute Gasteiger partial charge is 0.357 e. The molecule has 90 valence electrons. The Morgan fingerprint density at radius 3 is 2.81 bits per heavy atom. The van der Waals surface area contributed by atoms with Gasteiger partial charge in [-0.25, -0.2) is 9.98 Å². The van der Waals surface area contributed by atoms with E-state index in [1.807, 2.05) is 14.0 Å². The molecule has 1 heterocycles. The Labute approximate surface area is 96.2 Å². The van der Waals surface area contributed by atoms with E-state index in [-0.39, 0.29) is 0 Å². The fraction of sp³-hybridized carbons (Fsp3) is 0.700. The lowest BCUT2D eigenvalue weighted by Crippen LogP contribution is -2.37. The third kappa shape index (κ3) is 3.88. The first-order valence-electron chi connectivity index (χ1n) is 5.63. The smallest absolute Gasteiger partial charge is 0.191 e. The van der Waals surface area contributed by atoms with Gasteiger partial charge in [0, 0.05) is 20.1 Å². The van der Waals surface area contributed by atoms with Crippen LogP contribution in [-0.2, 0) is 13.6 Å². The van der Waals surface area contributed by atoms with Crippen molar-refractivity contribution in [3.8, 4) is 0 Å². The summed E-state index contributed by atoms with van der Waals surface area (Å²) in [4.78, 5) is 8.54. The molecule has 1 aromatic heterocycles. The van der Waals surface area contributed by atoms with E-state index in [1.54, 1.807) is 4.68 Å². The molecule has 0 aliphatic carbocycles. The molecule has 6 nitrogen and oxygen atoms in total. The summed E-state index contributed by atoms with van der Waals surface area (Å²) in [5, 5.41) is 10.4. The number of aromatic nitrogens is 3. The zero-order valence-corrected chi connectivity index (χ0v) is 10.2. The minimum absolute atomic E-state index is 0.537. The van der Waals surface area contributed by atoms with Crippen molar-refractivity contribution >= 4 is 5.96 Å². The van der Waals surface area contributed by atoms with Gasteiger partial charge < -0.3 is 10.6 Å². The molecule has 0 amide bonds. The van der Waals surface area contributed by atoms with E-state index < -0.39 is 0 Å². The second-order valence-electron chi connectivity index (χ2n) is 3.42. The number of guanidine groups is 1. The van der Waals surface area contributed by atoms with Crippen LogP contribution in [0.5, 0.6) is 0 Å². The van der Waals surface area contributed by atoms with Crippen LogP contribution in [0, 0.1) is 0 Å². The van der Waals surface area contributed by atoms with Crippen molar-refractivity contribution in [2.75, 3.05) is 13.1 Å². The monoisotopic (exact) mass is 224 g/mol. The van der Waals surface area contributed by atoms with Crippen molar-refractivity contribution in [3.05, 3.63) is 12.2 Å². The summed E-state index contributed by atoms with van der Waals surface area (Å²) < 4.78 is 1.73. The summed E-state index contributed by atoms with van der Waals surface area (Å²) in [6, 6.07) is 0. The maximum Gasteiger partial charge on any atom is 0.191 e. The summed E-state index contributed by atoms with van der Waals surface area (Å²) >= 11 is 0. The number of hydrogen-bond donors (Lipinski definition) is 2. The minimum atomic E-state index is 0.537. The Morgan fingerprint density at radius 1 is 1.44 bits per heavy atom. The van der Waals surface area contributed by atoms with E-state index in [0.717, 1.165) is 31.3 Å². The molecule has 16 heavy (non-hydrogen) atoms. The summed E-state index contributed by atoms with van der Waals surface area (Å²) in [7, 11) is 1.87. The second-order valence-corrected chi connectivity index (χ2v) is 3.42. The third-order valence-electron chi connectivity index (χ3n) is 2.07. The molecule has 0 aliphatic rings. The van der Waals surface area contributed by atoms with Crippen LogP contribution in [0.2, 0.25) is 0 Å². The van der Waals surface area contributed by atoms with Gasteiger partial charge in [0.15, 0.2) is 5.96 Å². The van der Waals surface area contributed by atoms with Gasteiger partial charge in [-0.1, -0.05) is 6.92 Å². The average molecular weight is 224 g/mol. The molecule has 0 aliphatic heterocycles. The molecule has 0 spiro atoms. The average Bonchev–Trinajstić information content (AvgIpc) is 2.68. The molecule has 1 rings (SSSR count). The van der Waals surface area contributed by atoms with E-state index in [4.69, 9.17) is 0 Å². The molecule has 2 N–H and O–H groups in total. The van der Waals surface area contributed by atoms with Crippen molar-refractivity contribution in [3.63, 3.8) is 0 Å². The van der Waals surface area contributed by atoms with Gasteiger partial charge in [0.25, 0.3) is 0 Å².